The maximum absolute atomic E-state index is 12.4. The highest BCUT2D eigenvalue weighted by atomic mass is 35.5. The predicted molar refractivity (Wildman–Crippen MR) is 515 cm³/mol. The molecule has 1 aliphatic rings. The van der Waals surface area contributed by atoms with Gasteiger partial charge >= 0.3 is 5.97 Å². The van der Waals surface area contributed by atoms with Gasteiger partial charge in [0, 0.05) is 53.3 Å². The number of hydrogen-bond donors (Lipinski definition) is 8. The van der Waals surface area contributed by atoms with Gasteiger partial charge in [0.1, 0.15) is 77.9 Å². The van der Waals surface area contributed by atoms with Gasteiger partial charge < -0.3 is 63.0 Å². The van der Waals surface area contributed by atoms with Crippen LogP contribution in [0.5, 0.6) is 23.0 Å². The highest BCUT2D eigenvalue weighted by molar-refractivity contribution is 6.42. The molecule has 1 aliphatic heterocycles. The molecule has 40 heteroatoms. The summed E-state index contributed by atoms with van der Waals surface area (Å²) in [5, 5.41) is 24.3. The fraction of sp³-hybridized carbons (Fsp3) is 0.185. The molecule has 0 aliphatic carbocycles. The van der Waals surface area contributed by atoms with E-state index in [9.17, 15) is 20.0 Å². The average molecular weight is 1940 g/mol. The lowest BCUT2D eigenvalue weighted by atomic mass is 10.0. The number of aromatic nitrogens is 17. The zero-order valence-corrected chi connectivity index (χ0v) is 77.0. The van der Waals surface area contributed by atoms with Crippen molar-refractivity contribution in [3.05, 3.63) is 325 Å². The number of Topliss-reactive ketones (excluding diaryl/α,β-unsaturated/α-hetero) is 1. The summed E-state index contributed by atoms with van der Waals surface area (Å²) >= 11 is 46.5. The minimum absolute atomic E-state index is 0.0718. The van der Waals surface area contributed by atoms with Gasteiger partial charge in [-0.15, -0.1) is 58.0 Å². The molecule has 16 rings (SSSR count). The number of anilines is 10. The number of nitriles is 1. The van der Waals surface area contributed by atoms with Gasteiger partial charge in [-0.25, -0.2) is 19.9 Å². The number of ketones is 1. The van der Waals surface area contributed by atoms with Gasteiger partial charge in [0.25, 0.3) is 0 Å². The van der Waals surface area contributed by atoms with Crippen molar-refractivity contribution >= 4 is 180 Å². The number of nitrogens with two attached hydrogens (primary N) is 5. The van der Waals surface area contributed by atoms with E-state index >= 15 is 0 Å². The van der Waals surface area contributed by atoms with Crippen LogP contribution < -0.4 is 53.1 Å². The number of carbonyl (C=O) groups is 2. The molecule has 7 heterocycles. The van der Waals surface area contributed by atoms with Crippen LogP contribution in [0.3, 0.4) is 0 Å². The molecule has 0 saturated heterocycles. The van der Waals surface area contributed by atoms with Crippen molar-refractivity contribution in [2.75, 3.05) is 58.7 Å². The van der Waals surface area contributed by atoms with Crippen molar-refractivity contribution in [1.29, 1.82) is 5.26 Å². The number of aliphatic hydroxyl groups excluding tert-OH is 1. The molecular weight excluding hydrogens is 1850 g/mol. The molecule has 676 valence electrons. The maximum atomic E-state index is 12.4. The number of benzene rings is 9. The van der Waals surface area contributed by atoms with E-state index in [2.05, 4.69) is 128 Å². The minimum atomic E-state index is -0.677. The predicted octanol–water partition coefficient (Wildman–Crippen LogP) is 19.5. The Bertz CT molecular complexity index is 6390. The van der Waals surface area contributed by atoms with E-state index in [1.54, 1.807) is 48.5 Å². The molecular formula is C92H85Cl8N25O7. The lowest BCUT2D eigenvalue weighted by Gasteiger charge is -2.23. The number of rotatable bonds is 26. The SMILES string of the molecule is CC(C)c1ccc(Cc2nc(N)nc(CCl)n2)cc1.Cc1c(Cl)cccc1Nc1nc(N)nc(CCl)n1.N#CC(=C(O)COC(=O)CCC(=O)c1ccc2c(c1)OCCO2)c1nc2ccccc2[nH]1.Nc1nc(CCl)nc(Cc2ccc(Cl)c(Cl)c2)n1.Nc1nc(CCl)nc(Cc2ccc(Oc3ccccc3)cc2)n1.Nc1nc(CCl)nc(N(c2ccccc2)c2ccccc2)n1. The number of alkyl halides is 5. The summed E-state index contributed by atoms with van der Waals surface area (Å²) < 4.78 is 21.7. The molecule has 13 N–H and O–H groups in total. The van der Waals surface area contributed by atoms with E-state index in [4.69, 9.17) is 140 Å². The van der Waals surface area contributed by atoms with E-state index in [0.29, 0.717) is 140 Å². The second-order valence-electron chi connectivity index (χ2n) is 28.3. The summed E-state index contributed by atoms with van der Waals surface area (Å²) in [4.78, 5) is 95.1. The smallest absolute Gasteiger partial charge is 0.306 e. The number of ether oxygens (including phenoxy) is 4. The van der Waals surface area contributed by atoms with E-state index < -0.39 is 18.3 Å². The standard InChI is InChI=1S/C23H19N3O6.C17H15ClN4O.C16H14ClN5.C14H17ClN4.C11H9Cl3N4.C11H11Cl2N5/c24-12-15(23-25-16-3-1-2-4-17(16)26-23)19(28)13-32-22(29)8-6-18(27)14-5-7-20-21(11-14)31-10-9-30-20;18-11-16-20-15(21-17(19)22-16)10-12-6-8-14(9-7-12)23-13-4-2-1-3-5-13;17-11-14-19-15(18)21-16(20-14)22(12-7-3-1-4-8-12)13-9-5-2-6-10-13;1-9(2)11-5-3-10(4-6-11)7-12-17-13(8-15)19-14(16)18-12;12-5-10-16-9(17-11(15)18-10)4-6-1-2-7(13)8(14)3-6;1-6-7(13)3-2-4-8(6)15-11-17-9(5-12)16-10(14)18-11/h1-5,7,11,28H,6,8-10,13H2,(H,25,26);1-9H,10-11H2,(H2,19,20,21,22);1-10H,11H2,(H2,18,19,20,21);3-6,9H,7-8H2,1-2H3,(H2,16,17,18,19);1-3H,4-5H2,(H2,15,16,17,18);2-4H,5H2,1H3,(H3,14,15,16,17,18). The zero-order valence-electron chi connectivity index (χ0n) is 70.9. The Morgan fingerprint density at radius 1 is 0.485 bits per heavy atom. The molecule has 0 unspecified atom stereocenters. The number of halogens is 8. The lowest BCUT2D eigenvalue weighted by Crippen LogP contribution is -2.16. The van der Waals surface area contributed by atoms with Crippen LogP contribution >= 0.6 is 92.8 Å². The topological polar surface area (TPSA) is 482 Å². The van der Waals surface area contributed by atoms with Crippen molar-refractivity contribution in [2.24, 2.45) is 0 Å². The van der Waals surface area contributed by atoms with E-state index in [0.717, 1.165) is 50.8 Å². The molecule has 6 aromatic heterocycles. The summed E-state index contributed by atoms with van der Waals surface area (Å²) in [6, 6.07) is 70.3. The van der Waals surface area contributed by atoms with Crippen LogP contribution in [0.1, 0.15) is 123 Å². The Morgan fingerprint density at radius 3 is 1.50 bits per heavy atom. The summed E-state index contributed by atoms with van der Waals surface area (Å²) in [5.74, 6) is 8.78. The minimum Gasteiger partial charge on any atom is -0.507 e. The molecule has 132 heavy (non-hydrogen) atoms. The van der Waals surface area contributed by atoms with Crippen molar-refractivity contribution in [1.82, 2.24) is 84.7 Å². The van der Waals surface area contributed by atoms with Crippen LogP contribution in [-0.2, 0) is 58.2 Å². The third-order valence-corrected chi connectivity index (χ3v) is 20.7. The number of esters is 1. The Balaban J connectivity index is 0.000000155. The first-order valence-corrected chi connectivity index (χ1v) is 44.0. The number of H-pyrrole nitrogens is 1. The second kappa shape index (κ2) is 49.7. The van der Waals surface area contributed by atoms with E-state index in [-0.39, 0.29) is 89.2 Å². The van der Waals surface area contributed by atoms with Crippen molar-refractivity contribution in [2.45, 2.75) is 88.2 Å². The number of para-hydroxylation sites is 5. The lowest BCUT2D eigenvalue weighted by molar-refractivity contribution is -0.143. The van der Waals surface area contributed by atoms with Gasteiger partial charge in [0.2, 0.25) is 41.6 Å². The monoisotopic (exact) mass is 1930 g/mol. The number of carbonyl (C=O) groups excluding carboxylic acids is 2. The van der Waals surface area contributed by atoms with Crippen LogP contribution in [0.4, 0.5) is 58.7 Å². The Kier molecular flexibility index (Phi) is 37.1. The first-order chi connectivity index (χ1) is 63.8. The largest absolute Gasteiger partial charge is 0.507 e. The third kappa shape index (κ3) is 30.0. The highest BCUT2D eigenvalue weighted by Gasteiger charge is 2.22. The van der Waals surface area contributed by atoms with Crippen LogP contribution in [0, 0.1) is 18.3 Å². The number of nitrogens with zero attached hydrogens (tertiary/aromatic N) is 18. The number of imidazole rings is 1. The van der Waals surface area contributed by atoms with Crippen molar-refractivity contribution < 1.29 is 33.6 Å². The average Bonchev–Trinajstić information content (AvgIpc) is 1.68. The normalized spacial score (nSPS) is 11.2. The molecule has 0 bridgehead atoms. The molecule has 0 radical (unpaired) electrons. The summed E-state index contributed by atoms with van der Waals surface area (Å²) in [6.07, 6.45) is 1.44. The quantitative estimate of drug-likeness (QED) is 0.00820. The van der Waals surface area contributed by atoms with Gasteiger partial charge in [-0.2, -0.15) is 65.1 Å². The van der Waals surface area contributed by atoms with Crippen LogP contribution in [0.25, 0.3) is 16.6 Å². The fourth-order valence-corrected chi connectivity index (χ4v) is 13.2. The number of aromatic amines is 1. The second-order valence-corrected chi connectivity index (χ2v) is 30.9. The molecule has 0 spiro atoms. The third-order valence-electron chi connectivity index (χ3n) is 18.4. The van der Waals surface area contributed by atoms with Gasteiger partial charge in [-0.05, 0) is 144 Å². The van der Waals surface area contributed by atoms with Gasteiger partial charge in [-0.3, -0.25) is 14.5 Å². The van der Waals surface area contributed by atoms with Gasteiger partial charge in [0.15, 0.2) is 40.5 Å². The van der Waals surface area contributed by atoms with Gasteiger partial charge in [0.05, 0.1) is 56.9 Å². The van der Waals surface area contributed by atoms with Crippen LogP contribution in [-0.4, -0.2) is 121 Å². The fourth-order valence-electron chi connectivity index (χ4n) is 12.1. The molecule has 0 fully saturated rings. The number of hydrogen-bond acceptors (Lipinski definition) is 31. The number of nitrogen functional groups attached to an aromatic ring is 5. The van der Waals surface area contributed by atoms with Crippen molar-refractivity contribution in [3.63, 3.8) is 0 Å². The van der Waals surface area contributed by atoms with E-state index in [1.807, 2.05) is 163 Å². The van der Waals surface area contributed by atoms with Crippen LogP contribution in [0.2, 0.25) is 15.1 Å². The van der Waals surface area contributed by atoms with E-state index in [1.165, 1.54) is 5.56 Å². The maximum Gasteiger partial charge on any atom is 0.306 e. The number of nitrogens with one attached hydrogen (secondary N) is 2. The Morgan fingerprint density at radius 2 is 0.962 bits per heavy atom. The number of fused-ring (bicyclic) bond motifs is 2. The number of aliphatic hydroxyl groups is 1. The molecule has 32 nitrogen and oxygen atoms in total. The zero-order chi connectivity index (χ0) is 94.0. The summed E-state index contributed by atoms with van der Waals surface area (Å²) in [7, 11) is 0. The summed E-state index contributed by atoms with van der Waals surface area (Å²) in [6.45, 7) is 6.61. The molecule has 9 aromatic carbocycles. The molecule has 15 aromatic rings. The molecule has 0 saturated carbocycles. The Labute approximate surface area is 798 Å². The summed E-state index contributed by atoms with van der Waals surface area (Å²) in [5.41, 5.74) is 37.9. The van der Waals surface area contributed by atoms with Crippen molar-refractivity contribution in [3.8, 4) is 29.1 Å². The van der Waals surface area contributed by atoms with Crippen LogP contribution in [0.15, 0.2) is 224 Å². The molecule has 0 atom stereocenters. The first kappa shape index (κ1) is 98.6. The first-order valence-electron chi connectivity index (χ1n) is 40.2. The van der Waals surface area contributed by atoms with Gasteiger partial charge in [-0.1, -0.05) is 164 Å². The number of allylic oxidation sites excluding steroid dienone is 1. The highest BCUT2D eigenvalue weighted by Crippen LogP contribution is 2.35. The molecule has 0 amide bonds. The Hall–Kier alpha value is -14.0.